The summed E-state index contributed by atoms with van der Waals surface area (Å²) in [4.78, 5) is 0. The van der Waals surface area contributed by atoms with Gasteiger partial charge in [0.1, 0.15) is 0 Å². The van der Waals surface area contributed by atoms with Crippen LogP contribution >= 0.6 is 0 Å². The molecule has 44 heavy (non-hydrogen) atoms. The van der Waals surface area contributed by atoms with E-state index >= 15 is 0 Å². The predicted octanol–water partition coefficient (Wildman–Crippen LogP) is 2.52. The van der Waals surface area contributed by atoms with Crippen LogP contribution in [0.4, 0.5) is 0 Å². The van der Waals surface area contributed by atoms with Crippen LogP contribution < -0.4 is 38.5 Å². The van der Waals surface area contributed by atoms with E-state index in [1.807, 2.05) is 8.46 Å². The van der Waals surface area contributed by atoms with Gasteiger partial charge in [0.2, 0.25) is 0 Å². The Morgan fingerprint density at radius 1 is 0.659 bits per heavy atom. The van der Waals surface area contributed by atoms with Gasteiger partial charge in [0.15, 0.2) is 0 Å². The summed E-state index contributed by atoms with van der Waals surface area (Å²) in [5.41, 5.74) is 15.5. The third-order valence-electron chi connectivity index (χ3n) is 10.1. The van der Waals surface area contributed by atoms with E-state index in [0.29, 0.717) is 3.63 Å². The Hall–Kier alpha value is -1.70. The van der Waals surface area contributed by atoms with E-state index in [2.05, 4.69) is 148 Å². The van der Waals surface area contributed by atoms with E-state index in [1.54, 1.807) is 27.5 Å². The van der Waals surface area contributed by atoms with E-state index in [1.165, 1.54) is 33.4 Å². The van der Waals surface area contributed by atoms with Gasteiger partial charge in [0, 0.05) is 0 Å². The zero-order valence-electron chi connectivity index (χ0n) is 27.9. The number of fused-ring (bicyclic) bond motifs is 4. The molecule has 4 aromatic carbocycles. The van der Waals surface area contributed by atoms with Gasteiger partial charge in [-0.3, -0.25) is 0 Å². The summed E-state index contributed by atoms with van der Waals surface area (Å²) in [6, 6.07) is 29.2. The Bertz CT molecular complexity index is 1780. The number of allylic oxidation sites excluding steroid dienone is 1. The second-order valence-corrected chi connectivity index (χ2v) is 31.1. The molecule has 2 atom stereocenters. The van der Waals surface area contributed by atoms with Gasteiger partial charge in [-0.1, -0.05) is 0 Å². The fourth-order valence-electron chi connectivity index (χ4n) is 7.80. The van der Waals surface area contributed by atoms with Gasteiger partial charge < -0.3 is 24.8 Å². The van der Waals surface area contributed by atoms with Gasteiger partial charge in [-0.25, -0.2) is 0 Å². The first-order valence-electron chi connectivity index (χ1n) is 15.8. The molecule has 0 bridgehead atoms. The zero-order chi connectivity index (χ0) is 29.9. The first kappa shape index (κ1) is 33.7. The topological polar surface area (TPSA) is 0 Å². The van der Waals surface area contributed by atoms with Crippen molar-refractivity contribution in [1.29, 1.82) is 0 Å². The fraction of sp³-hybridized carbons (Fsp3) is 0.350. The molecule has 0 N–H and O–H groups in total. The first-order chi connectivity index (χ1) is 19.7. The summed E-state index contributed by atoms with van der Waals surface area (Å²) in [5, 5.41) is 3.57. The van der Waals surface area contributed by atoms with Crippen molar-refractivity contribution >= 4 is 25.6 Å². The molecule has 4 heteroatoms. The number of halogens is 2. The maximum Gasteiger partial charge on any atom is -1.00 e. The van der Waals surface area contributed by atoms with E-state index in [9.17, 15) is 0 Å². The van der Waals surface area contributed by atoms with E-state index in [0.717, 1.165) is 0 Å². The summed E-state index contributed by atoms with van der Waals surface area (Å²) in [7, 11) is 0. The van der Waals surface area contributed by atoms with Crippen molar-refractivity contribution in [1.82, 2.24) is 0 Å². The summed E-state index contributed by atoms with van der Waals surface area (Å²) in [6.45, 7) is 23.9. The summed E-state index contributed by atoms with van der Waals surface area (Å²) in [6.07, 6.45) is 2.67. The first-order valence-corrected chi connectivity index (χ1v) is 24.4. The molecule has 3 aliphatic rings. The third kappa shape index (κ3) is 5.12. The molecule has 0 amide bonds. The van der Waals surface area contributed by atoms with Crippen LogP contribution in [0, 0.1) is 12.3 Å². The van der Waals surface area contributed by atoms with E-state index in [-0.39, 0.29) is 41.1 Å². The van der Waals surface area contributed by atoms with Crippen molar-refractivity contribution in [2.45, 2.75) is 83.7 Å². The summed E-state index contributed by atoms with van der Waals surface area (Å²) in [5.74, 6) is -1.13. The van der Waals surface area contributed by atoms with Crippen molar-refractivity contribution in [3.63, 3.8) is 0 Å². The Labute approximate surface area is 286 Å². The molecule has 7 rings (SSSR count). The fourth-order valence-corrected chi connectivity index (χ4v) is 34.3. The molecular formula is C40H45Cl2SiZr. The van der Waals surface area contributed by atoms with Gasteiger partial charge in [-0.2, -0.15) is 0 Å². The maximum absolute atomic E-state index is 2.67. The van der Waals surface area contributed by atoms with Crippen LogP contribution in [0.2, 0.25) is 0 Å². The van der Waals surface area contributed by atoms with Crippen LogP contribution in [0.3, 0.4) is 0 Å². The van der Waals surface area contributed by atoms with E-state index in [4.69, 9.17) is 0 Å². The Morgan fingerprint density at radius 3 is 1.89 bits per heavy atom. The molecular weight excluding hydrogens is 671 g/mol. The van der Waals surface area contributed by atoms with Crippen molar-refractivity contribution in [3.8, 4) is 22.3 Å². The SMILES string of the molecule is Cc1ccc2c(c1-c1cc(C(C)(C)C)cc(C(C)(C)C)c1)C=C(C(C)(C)C)[CH]2[Zr+2]1[c]2cccc3c2[SiH]1c1ccccc1-3.[Cl-].[Cl-]. The minimum Gasteiger partial charge on any atom is -1.00 e. The second kappa shape index (κ2) is 11.2. The molecule has 0 aromatic heterocycles. The van der Waals surface area contributed by atoms with Gasteiger partial charge in [0.25, 0.3) is 0 Å². The number of benzene rings is 4. The van der Waals surface area contributed by atoms with Crippen molar-refractivity contribution < 1.29 is 45.7 Å². The van der Waals surface area contributed by atoms with Crippen LogP contribution in [0.15, 0.2) is 78.4 Å². The molecule has 2 unspecified atom stereocenters. The smallest absolute Gasteiger partial charge is 1.00 e. The van der Waals surface area contributed by atoms with E-state index < -0.39 is 26.8 Å². The minimum absolute atomic E-state index is 0. The van der Waals surface area contributed by atoms with Gasteiger partial charge in [0.05, 0.1) is 0 Å². The van der Waals surface area contributed by atoms with Crippen LogP contribution in [0.1, 0.15) is 93.8 Å². The molecule has 0 saturated carbocycles. The molecule has 0 saturated heterocycles. The van der Waals surface area contributed by atoms with Crippen molar-refractivity contribution in [2.75, 3.05) is 0 Å². The normalized spacial score (nSPS) is 18.0. The van der Waals surface area contributed by atoms with Gasteiger partial charge >= 0.3 is 264 Å². The van der Waals surface area contributed by atoms with Crippen LogP contribution in [-0.4, -0.2) is 5.92 Å². The molecule has 0 spiro atoms. The quantitative estimate of drug-likeness (QED) is 0.280. The Morgan fingerprint density at radius 2 is 1.27 bits per heavy atom. The molecule has 4 aromatic rings. The molecule has 2 aliphatic heterocycles. The molecule has 227 valence electrons. The molecule has 1 aliphatic carbocycles. The Balaban J connectivity index is 0.00000192. The van der Waals surface area contributed by atoms with Crippen molar-refractivity contribution in [3.05, 3.63) is 106 Å². The Kier molecular flexibility index (Phi) is 8.59. The summed E-state index contributed by atoms with van der Waals surface area (Å²) >= 11 is -2.07. The number of aryl methyl sites for hydroxylation is 1. The van der Waals surface area contributed by atoms with Gasteiger partial charge in [-0.15, -0.1) is 0 Å². The molecule has 0 fully saturated rings. The van der Waals surface area contributed by atoms with Crippen LogP contribution in [0.5, 0.6) is 0 Å². The standard InChI is InChI=1S/C28H37.C12H8Si.2ClH.Zr/c1-18-11-12-19-13-23(28(8,9)10)17-24(19)25(18)20-14-21(26(2,3)4)16-22(15-20)27(5,6)7;1-3-7-11-9(5-1)10-6-2-4-8-12(10)13-11;;;/h11-17H,1-10H3;1-7,13H;2*1H;/q;;;;+2/p-2. The molecule has 0 nitrogen and oxygen atoms in total. The second-order valence-electron chi connectivity index (χ2n) is 16.1. The van der Waals surface area contributed by atoms with Crippen LogP contribution in [-0.2, 0) is 31.7 Å². The molecule has 2 heterocycles. The van der Waals surface area contributed by atoms with Crippen LogP contribution in [0.25, 0.3) is 28.3 Å². The number of hydrogen-bond donors (Lipinski definition) is 0. The summed E-state index contributed by atoms with van der Waals surface area (Å²) < 4.78 is 2.46. The number of rotatable bonds is 2. The third-order valence-corrected chi connectivity index (χ3v) is 32.3. The average molecular weight is 716 g/mol. The average Bonchev–Trinajstić information content (AvgIpc) is 3.43. The largest absolute Gasteiger partial charge is 1.00 e. The van der Waals surface area contributed by atoms with Gasteiger partial charge in [-0.05, 0) is 0 Å². The molecule has 0 radical (unpaired) electrons. The monoisotopic (exact) mass is 713 g/mol. The van der Waals surface area contributed by atoms with Crippen molar-refractivity contribution in [2.24, 2.45) is 5.41 Å². The predicted molar refractivity (Wildman–Crippen MR) is 182 cm³/mol. The number of hydrogen-bond acceptors (Lipinski definition) is 0. The minimum atomic E-state index is -2.07. The zero-order valence-corrected chi connectivity index (χ0v) is 33.0. The maximum atomic E-state index is 2.67.